The molecule has 0 heterocycles. The Bertz CT molecular complexity index is 1200. The van der Waals surface area contributed by atoms with E-state index in [1.54, 1.807) is 11.8 Å². The van der Waals surface area contributed by atoms with Gasteiger partial charge in [0.05, 0.1) is 12.7 Å². The summed E-state index contributed by atoms with van der Waals surface area (Å²) in [5.41, 5.74) is 4.97. The van der Waals surface area contributed by atoms with Crippen molar-refractivity contribution in [2.45, 2.75) is 96.0 Å². The van der Waals surface area contributed by atoms with E-state index in [1.807, 2.05) is 85.4 Å². The third-order valence-electron chi connectivity index (χ3n) is 7.75. The largest absolute Gasteiger partial charge is 0.507 e. The Morgan fingerprint density at radius 2 is 1.23 bits per heavy atom. The first kappa shape index (κ1) is 37.1. The van der Waals surface area contributed by atoms with Gasteiger partial charge in [-0.05, 0) is 60.3 Å². The summed E-state index contributed by atoms with van der Waals surface area (Å²) in [5.74, 6) is 2.59. The van der Waals surface area contributed by atoms with E-state index >= 15 is 0 Å². The predicted molar refractivity (Wildman–Crippen MR) is 189 cm³/mol. The first-order chi connectivity index (χ1) is 20.5. The number of phenolic OH excluding ortho intramolecular Hbond substituents is 2. The number of hydrogen-bond acceptors (Lipinski definition) is 6. The SMILES string of the molecule is CC(C)C(Cc1cccc(-c2ccccc2)c1O)SCCO.CCCc1cccc(CC(SC(C)C(C)O)C(C)C)c1O. The van der Waals surface area contributed by atoms with E-state index in [-0.39, 0.29) is 18.0 Å². The van der Waals surface area contributed by atoms with Crippen LogP contribution < -0.4 is 0 Å². The number of benzene rings is 3. The van der Waals surface area contributed by atoms with E-state index in [1.165, 1.54) is 0 Å². The van der Waals surface area contributed by atoms with Crippen molar-refractivity contribution in [3.63, 3.8) is 0 Å². The summed E-state index contributed by atoms with van der Waals surface area (Å²) >= 11 is 3.60. The van der Waals surface area contributed by atoms with E-state index < -0.39 is 0 Å². The number of aliphatic hydroxyl groups excluding tert-OH is 2. The zero-order valence-electron chi connectivity index (χ0n) is 27.2. The molecule has 0 aliphatic carbocycles. The van der Waals surface area contributed by atoms with Crippen molar-refractivity contribution < 1.29 is 20.4 Å². The molecule has 0 aliphatic rings. The molecule has 6 heteroatoms. The molecule has 0 fully saturated rings. The van der Waals surface area contributed by atoms with E-state index in [0.717, 1.165) is 59.3 Å². The third-order valence-corrected chi connectivity index (χ3v) is 11.2. The summed E-state index contributed by atoms with van der Waals surface area (Å²) < 4.78 is 0. The van der Waals surface area contributed by atoms with Gasteiger partial charge in [0.2, 0.25) is 0 Å². The van der Waals surface area contributed by atoms with Crippen molar-refractivity contribution in [2.75, 3.05) is 12.4 Å². The van der Waals surface area contributed by atoms with Gasteiger partial charge in [-0.2, -0.15) is 23.5 Å². The minimum Gasteiger partial charge on any atom is -0.507 e. The molecule has 0 radical (unpaired) electrons. The summed E-state index contributed by atoms with van der Waals surface area (Å²) in [7, 11) is 0. The topological polar surface area (TPSA) is 80.9 Å². The number of aliphatic hydroxyl groups is 2. The van der Waals surface area contributed by atoms with Crippen LogP contribution in [-0.2, 0) is 19.3 Å². The van der Waals surface area contributed by atoms with Crippen molar-refractivity contribution >= 4 is 23.5 Å². The van der Waals surface area contributed by atoms with Crippen molar-refractivity contribution in [1.29, 1.82) is 0 Å². The van der Waals surface area contributed by atoms with Crippen LogP contribution in [0.25, 0.3) is 11.1 Å². The Hall–Kier alpha value is -2.12. The Labute approximate surface area is 269 Å². The summed E-state index contributed by atoms with van der Waals surface area (Å²) in [4.78, 5) is 0. The van der Waals surface area contributed by atoms with Crippen LogP contribution in [0.3, 0.4) is 0 Å². The molecule has 3 rings (SSSR count). The second-order valence-corrected chi connectivity index (χ2v) is 15.0. The average Bonchev–Trinajstić information content (AvgIpc) is 2.98. The minimum atomic E-state index is -0.309. The van der Waals surface area contributed by atoms with Crippen LogP contribution in [0, 0.1) is 11.8 Å². The highest BCUT2D eigenvalue weighted by atomic mass is 32.2. The van der Waals surface area contributed by atoms with Crippen molar-refractivity contribution in [1.82, 2.24) is 0 Å². The molecule has 0 spiro atoms. The van der Waals surface area contributed by atoms with Gasteiger partial charge < -0.3 is 20.4 Å². The molecule has 4 nitrogen and oxygen atoms in total. The zero-order chi connectivity index (χ0) is 31.9. The molecule has 4 N–H and O–H groups in total. The lowest BCUT2D eigenvalue weighted by Crippen LogP contribution is -2.24. The van der Waals surface area contributed by atoms with Gasteiger partial charge in [-0.25, -0.2) is 0 Å². The summed E-state index contributed by atoms with van der Waals surface area (Å²) in [5, 5.41) is 40.8. The second-order valence-electron chi connectivity index (χ2n) is 12.0. The van der Waals surface area contributed by atoms with Gasteiger partial charge in [-0.15, -0.1) is 0 Å². The van der Waals surface area contributed by atoms with Crippen molar-refractivity contribution in [2.24, 2.45) is 11.8 Å². The van der Waals surface area contributed by atoms with Crippen molar-refractivity contribution in [3.05, 3.63) is 83.4 Å². The molecule has 4 unspecified atom stereocenters. The van der Waals surface area contributed by atoms with E-state index in [2.05, 4.69) is 41.5 Å². The first-order valence-electron chi connectivity index (χ1n) is 15.7. The lowest BCUT2D eigenvalue weighted by atomic mass is 9.96. The van der Waals surface area contributed by atoms with Gasteiger partial charge in [0.15, 0.2) is 0 Å². The van der Waals surface area contributed by atoms with Crippen LogP contribution in [0.15, 0.2) is 66.7 Å². The molecule has 3 aromatic rings. The van der Waals surface area contributed by atoms with E-state index in [0.29, 0.717) is 33.8 Å². The Morgan fingerprint density at radius 3 is 1.79 bits per heavy atom. The first-order valence-corrected chi connectivity index (χ1v) is 17.7. The molecular weight excluding hydrogens is 573 g/mol. The highest BCUT2D eigenvalue weighted by Gasteiger charge is 2.22. The quantitative estimate of drug-likeness (QED) is 0.135. The van der Waals surface area contributed by atoms with Crippen LogP contribution >= 0.6 is 23.5 Å². The highest BCUT2D eigenvalue weighted by molar-refractivity contribution is 8.00. The van der Waals surface area contributed by atoms with Gasteiger partial charge in [0, 0.05) is 27.1 Å². The van der Waals surface area contributed by atoms with Crippen LogP contribution in [0.1, 0.15) is 71.6 Å². The van der Waals surface area contributed by atoms with E-state index in [9.17, 15) is 15.3 Å². The van der Waals surface area contributed by atoms with Crippen LogP contribution in [0.5, 0.6) is 11.5 Å². The lowest BCUT2D eigenvalue weighted by Gasteiger charge is -2.26. The Kier molecular flexibility index (Phi) is 16.6. The molecule has 43 heavy (non-hydrogen) atoms. The smallest absolute Gasteiger partial charge is 0.126 e. The number of aryl methyl sites for hydroxylation is 1. The molecule has 238 valence electrons. The van der Waals surface area contributed by atoms with Crippen LogP contribution in [0.2, 0.25) is 0 Å². The molecule has 0 saturated heterocycles. The monoisotopic (exact) mass is 626 g/mol. The Morgan fingerprint density at radius 1 is 0.674 bits per heavy atom. The minimum absolute atomic E-state index is 0.198. The Balaban J connectivity index is 0.000000301. The molecule has 0 aromatic heterocycles. The van der Waals surface area contributed by atoms with Crippen LogP contribution in [0.4, 0.5) is 0 Å². The maximum Gasteiger partial charge on any atom is 0.126 e. The van der Waals surface area contributed by atoms with Gasteiger partial charge in [-0.3, -0.25) is 0 Å². The zero-order valence-corrected chi connectivity index (χ0v) is 28.8. The number of phenols is 2. The molecular formula is C37H54O4S2. The van der Waals surface area contributed by atoms with Gasteiger partial charge >= 0.3 is 0 Å². The maximum atomic E-state index is 10.6. The number of hydrogen-bond donors (Lipinski definition) is 4. The highest BCUT2D eigenvalue weighted by Crippen LogP contribution is 2.35. The fraction of sp³-hybridized carbons (Fsp3) is 0.514. The number of thioether (sulfide) groups is 2. The molecule has 0 saturated carbocycles. The predicted octanol–water partition coefficient (Wildman–Crippen LogP) is 8.77. The van der Waals surface area contributed by atoms with Crippen molar-refractivity contribution in [3.8, 4) is 22.6 Å². The molecule has 3 aromatic carbocycles. The van der Waals surface area contributed by atoms with Gasteiger partial charge in [-0.1, -0.05) is 115 Å². The van der Waals surface area contributed by atoms with Crippen LogP contribution in [-0.4, -0.2) is 54.6 Å². The lowest BCUT2D eigenvalue weighted by molar-refractivity contribution is 0.196. The summed E-state index contributed by atoms with van der Waals surface area (Å²) in [6.07, 6.45) is 3.32. The molecule has 4 atom stereocenters. The summed E-state index contributed by atoms with van der Waals surface area (Å²) in [6.45, 7) is 15.0. The summed E-state index contributed by atoms with van der Waals surface area (Å²) in [6, 6.07) is 22.0. The number of aromatic hydroxyl groups is 2. The molecule has 0 amide bonds. The fourth-order valence-electron chi connectivity index (χ4n) is 4.84. The number of para-hydroxylation sites is 2. The fourth-order valence-corrected chi connectivity index (χ4v) is 7.30. The van der Waals surface area contributed by atoms with Gasteiger partial charge in [0.25, 0.3) is 0 Å². The third kappa shape index (κ3) is 12.1. The molecule has 0 bridgehead atoms. The second kappa shape index (κ2) is 19.3. The maximum absolute atomic E-state index is 10.6. The average molecular weight is 627 g/mol. The number of rotatable bonds is 15. The standard InChI is InChI=1S/C19H24O2S.C18H30O2S/c1-14(2)18(22-12-11-20)13-16-9-6-10-17(19(16)21)15-7-4-3-5-8-15;1-6-8-15-9-7-10-16(18(15)20)11-17(12(2)3)21-14(5)13(4)19/h3-10,14,18,20-21H,11-13H2,1-2H3;7,9-10,12-14,17,19-20H,6,8,11H2,1-5H3. The van der Waals surface area contributed by atoms with Gasteiger partial charge in [0.1, 0.15) is 11.5 Å². The normalized spacial score (nSPS) is 14.2. The molecule has 0 aliphatic heterocycles. The van der Waals surface area contributed by atoms with E-state index in [4.69, 9.17) is 5.11 Å².